The molecule has 0 amide bonds. The Morgan fingerprint density at radius 2 is 0.725 bits per heavy atom. The highest BCUT2D eigenvalue weighted by Crippen LogP contribution is 2.42. The van der Waals surface area contributed by atoms with Crippen LogP contribution in [0.3, 0.4) is 0 Å². The lowest BCUT2D eigenvalue weighted by molar-refractivity contribution is 0.246. The number of benzene rings is 8. The molecule has 131 heavy (non-hydrogen) atoms. The molecule has 4 atom stereocenters. The summed E-state index contributed by atoms with van der Waals surface area (Å²) in [6.07, 6.45) is 7.07. The number of aliphatic hydroxyl groups is 1. The first kappa shape index (κ1) is 103. The Labute approximate surface area is 795 Å². The fourth-order valence-corrected chi connectivity index (χ4v) is 17.7. The smallest absolute Gasteiger partial charge is 0.423 e. The fourth-order valence-electron chi connectivity index (χ4n) is 13.6. The molecule has 0 bridgehead atoms. The second-order valence-corrected chi connectivity index (χ2v) is 53.5. The third kappa shape index (κ3) is 26.3. The van der Waals surface area contributed by atoms with E-state index in [4.69, 9.17) is 94.3 Å². The number of aliphatic hydroxyl groups excluding tert-OH is 1. The predicted molar refractivity (Wildman–Crippen MR) is 539 cm³/mol. The van der Waals surface area contributed by atoms with Gasteiger partial charge in [-0.1, -0.05) is 216 Å². The summed E-state index contributed by atoms with van der Waals surface area (Å²) < 4.78 is 53.2. The van der Waals surface area contributed by atoms with Gasteiger partial charge in [0.2, 0.25) is 11.4 Å². The Bertz CT molecular complexity index is 6560. The van der Waals surface area contributed by atoms with Gasteiger partial charge in [0.05, 0.1) is 76.8 Å². The van der Waals surface area contributed by atoms with Gasteiger partial charge in [-0.15, -0.1) is 0 Å². The highest BCUT2D eigenvalue weighted by Gasteiger charge is 2.41. The van der Waals surface area contributed by atoms with Crippen LogP contribution in [0.15, 0.2) is 277 Å². The van der Waals surface area contributed by atoms with E-state index < -0.39 is 49.7 Å². The minimum absolute atomic E-state index is 0.0316. The number of halogens is 7. The minimum Gasteiger partial charge on any atom is -0.423 e. The van der Waals surface area contributed by atoms with Crippen molar-refractivity contribution in [2.45, 2.75) is 154 Å². The van der Waals surface area contributed by atoms with E-state index in [-0.39, 0.29) is 78.9 Å². The van der Waals surface area contributed by atoms with Crippen molar-refractivity contribution in [1.82, 2.24) is 18.3 Å². The Balaban J connectivity index is 0.000000175. The van der Waals surface area contributed by atoms with E-state index in [0.29, 0.717) is 75.8 Å². The van der Waals surface area contributed by atoms with Gasteiger partial charge in [-0.05, 0) is 230 Å². The van der Waals surface area contributed by atoms with Crippen molar-refractivity contribution in [3.8, 4) is 33.4 Å². The molecule has 20 nitrogen and oxygen atoms in total. The largest absolute Gasteiger partial charge is 0.487 e. The molecule has 2 aliphatic heterocycles. The highest BCUT2D eigenvalue weighted by molar-refractivity contribution is 9.10. The number of nitrogens with two attached hydrogens (primary N) is 2. The number of rotatable bonds is 22. The summed E-state index contributed by atoms with van der Waals surface area (Å²) in [5.41, 5.74) is 23.6. The van der Waals surface area contributed by atoms with Crippen LogP contribution in [-0.2, 0) is 26.4 Å². The molecule has 682 valence electrons. The van der Waals surface area contributed by atoms with E-state index in [0.717, 1.165) is 83.4 Å². The zero-order valence-corrected chi connectivity index (χ0v) is 83.4. The molecule has 4 aromatic heterocycles. The maximum Gasteiger partial charge on any atom is 0.487 e. The molecule has 7 N–H and O–H groups in total. The summed E-state index contributed by atoms with van der Waals surface area (Å²) in [5, 5.41) is 29.8. The molecule has 0 saturated carbocycles. The van der Waals surface area contributed by atoms with Crippen LogP contribution in [0.5, 0.6) is 0 Å². The third-order valence-electron chi connectivity index (χ3n) is 24.5. The van der Waals surface area contributed by atoms with E-state index in [9.17, 15) is 33.1 Å². The maximum atomic E-state index is 13.7. The maximum absolute atomic E-state index is 13.7. The first-order chi connectivity index (χ1) is 61.6. The van der Waals surface area contributed by atoms with Crippen molar-refractivity contribution in [1.29, 1.82) is 0 Å². The van der Waals surface area contributed by atoms with Gasteiger partial charge >= 0.3 is 7.12 Å². The van der Waals surface area contributed by atoms with Gasteiger partial charge in [-0.2, -0.15) is 0 Å². The zero-order chi connectivity index (χ0) is 96.0. The van der Waals surface area contributed by atoms with Gasteiger partial charge < -0.3 is 58.2 Å². The lowest BCUT2D eigenvalue weighted by Gasteiger charge is -2.37. The summed E-state index contributed by atoms with van der Waals surface area (Å²) in [4.78, 5) is 66.4. The summed E-state index contributed by atoms with van der Waals surface area (Å²) in [5.74, 6) is -0.157. The average molecular weight is 1960 g/mol. The summed E-state index contributed by atoms with van der Waals surface area (Å²) >= 11 is 28.1. The number of fused-ring (bicyclic) bond motifs is 2. The van der Waals surface area contributed by atoms with Crippen molar-refractivity contribution in [3.05, 3.63) is 388 Å². The van der Waals surface area contributed by atoms with Crippen molar-refractivity contribution in [3.63, 3.8) is 0 Å². The number of nitrogens with zero attached hydrogens (tertiary/aromatic N) is 8. The number of pyridine rings is 4. The van der Waals surface area contributed by atoms with Gasteiger partial charge in [0.25, 0.3) is 22.2 Å². The van der Waals surface area contributed by atoms with Crippen LogP contribution >= 0.6 is 62.3 Å². The van der Waals surface area contributed by atoms with Gasteiger partial charge in [0.1, 0.15) is 23.3 Å². The third-order valence-corrected chi connectivity index (χ3v) is 39.4. The number of amidine groups is 2. The lowest BCUT2D eigenvalue weighted by Crippen LogP contribution is -2.43. The second kappa shape index (κ2) is 43.9. The molecule has 0 spiro atoms. The Hall–Kier alpha value is -10.5. The minimum atomic E-state index is -2.06. The van der Waals surface area contributed by atoms with Crippen molar-refractivity contribution in [2.24, 2.45) is 21.5 Å². The molecule has 0 fully saturated rings. The van der Waals surface area contributed by atoms with Gasteiger partial charge in [-0.3, -0.25) is 29.2 Å². The first-order valence-corrected chi connectivity index (χ1v) is 53.3. The van der Waals surface area contributed by atoms with E-state index in [1.54, 1.807) is 86.9 Å². The Morgan fingerprint density at radius 3 is 1.04 bits per heavy atom. The van der Waals surface area contributed by atoms with Crippen LogP contribution in [0.25, 0.3) is 43.1 Å². The molecule has 0 radical (unpaired) electrons. The topological polar surface area (TPSA) is 262 Å². The number of hydrogen-bond acceptors (Lipinski definition) is 14. The van der Waals surface area contributed by atoms with E-state index in [1.165, 1.54) is 28.8 Å². The molecule has 8 aromatic carbocycles. The molecule has 0 unspecified atom stereocenters. The van der Waals surface area contributed by atoms with Crippen LogP contribution in [0.1, 0.15) is 131 Å². The number of hydrogen-bond donors (Lipinski definition) is 5. The second-order valence-electron chi connectivity index (χ2n) is 36.4. The molecular weight excluding hydrogens is 1860 g/mol. The highest BCUT2D eigenvalue weighted by atomic mass is 79.9. The molecule has 12 aromatic rings. The molecule has 0 aliphatic carbocycles. The van der Waals surface area contributed by atoms with Gasteiger partial charge in [-0.25, -0.2) is 18.5 Å². The van der Waals surface area contributed by atoms with Gasteiger partial charge in [0.15, 0.2) is 25.0 Å². The number of aliphatic imine (C=N–C) groups is 2. The molecule has 0 saturated heterocycles. The SMILES string of the molecule is CC(C)(C)[Si](C)(C)OC[C@H](c1cccc(Cl)c1)n1ccc(-c2ccc3c(c2)C(N)=NC3)cc1=O.CC(C)(C)[Si](C)(C)OC[C@H](c1cccc(Cl)c1)n1ccc(Br)cc1=O.NC1=NCc2ccc(-c3ccn([C@H](CO)c4cccc(Cl)c4)c(=O)c3)cc21.[C-]#[N+]c1cc(-c2ccn([C@H](CO[Si](C)(C)C(C)(C)C)c3cccc(Cl)c3)c(=O)c2)ccc1F.[C-]#[N+]c1cc(B(O)O)ccc1F. The van der Waals surface area contributed by atoms with E-state index in [1.807, 2.05) is 134 Å². The monoisotopic (exact) mass is 1960 g/mol. The molecule has 6 heterocycles. The summed E-state index contributed by atoms with van der Waals surface area (Å²) in [6.45, 7) is 48.9. The van der Waals surface area contributed by atoms with Crippen LogP contribution < -0.4 is 39.2 Å². The molecule has 2 aliphatic rings. The van der Waals surface area contributed by atoms with E-state index in [2.05, 4.69) is 137 Å². The quantitative estimate of drug-likeness (QED) is 0.0313. The standard InChI is InChI=1S/C27H32ClN3O2Si.C26H28ClFN2O2Si.C21H18ClN3O2.C19H25BrClNO2Si.C7H5BFNO2/c1-27(2,3)34(4,5)33-17-24(20-7-6-8-22(28)13-20)31-12-11-19(15-25(31)32)18-9-10-21-16-30-26(29)23(21)14-18;1-26(2,3)33(5,6)32-17-24(20-8-7-9-21(27)14-20)30-13-12-19(16-25(30)31)18-10-11-22(28)23(15-18)29-4;22-17-3-1-2-15(8-17)19(12-26)25-7-6-14(10-20(25)27)13-4-5-16-11-24-21(23)18(16)9-13;1-19(2,3)25(4,5)24-13-17(14-7-6-8-16(21)11-14)22-10-9-15(20)12-18(22)23;1-10-7-4-5(8(11)12)2-3-6(7)9/h6-15,24H,16-17H2,1-5H3,(H2,29,30);7-16,24H,17H2,1-3,5-6H3;1-10,19,26H,11-12H2,(H2,23,24);6-12,17H,13H2,1-5H3;2-4,11-12H/t2*24-;19-;17-;/m1111./s1. The van der Waals surface area contributed by atoms with Gasteiger partial charge in [0, 0.05) is 84.7 Å². The van der Waals surface area contributed by atoms with Crippen molar-refractivity contribution in [2.75, 3.05) is 26.4 Å². The normalized spacial score (nSPS) is 13.4. The first-order valence-electron chi connectivity index (χ1n) is 42.3. The van der Waals surface area contributed by atoms with Crippen LogP contribution in [0.4, 0.5) is 20.2 Å². The summed E-state index contributed by atoms with van der Waals surface area (Å²) in [7, 11) is -7.67. The predicted octanol–water partition coefficient (Wildman–Crippen LogP) is 22.4. The fraction of sp³-hybridized carbons (Fsp3) is 0.280. The molecule has 14 rings (SSSR count). The Kier molecular flexibility index (Phi) is 34.4. The van der Waals surface area contributed by atoms with Crippen LogP contribution in [-0.4, -0.2) is 104 Å². The summed E-state index contributed by atoms with van der Waals surface area (Å²) in [6, 6.07) is 61.9. The van der Waals surface area contributed by atoms with Crippen LogP contribution in [0, 0.1) is 24.8 Å². The molecular formula is C100H108BBrCl4F2N10O10Si3. The van der Waals surface area contributed by atoms with E-state index >= 15 is 0 Å². The Morgan fingerprint density at radius 1 is 0.427 bits per heavy atom. The zero-order valence-electron chi connectivity index (χ0n) is 75.8. The number of aromatic nitrogens is 4. The van der Waals surface area contributed by atoms with Crippen LogP contribution in [0.2, 0.25) is 74.5 Å². The molecule has 31 heteroatoms. The lowest BCUT2D eigenvalue weighted by atomic mass is 9.80. The van der Waals surface area contributed by atoms with Crippen molar-refractivity contribution >= 4 is 123 Å². The van der Waals surface area contributed by atoms with Crippen molar-refractivity contribution < 1.29 is 37.2 Å². The average Bonchev–Trinajstić information content (AvgIpc) is 1.80.